The molecule has 0 amide bonds. The number of carbonyl (C=O) groups excluding carboxylic acids is 1. The molecule has 4 aromatic rings. The van der Waals surface area contributed by atoms with Crippen LogP contribution in [0.25, 0.3) is 21.6 Å². The van der Waals surface area contributed by atoms with Gasteiger partial charge in [0, 0.05) is 21.0 Å². The van der Waals surface area contributed by atoms with Crippen molar-refractivity contribution in [1.29, 1.82) is 0 Å². The number of benzene rings is 2. The molecule has 30 heavy (non-hydrogen) atoms. The Labute approximate surface area is 183 Å². The van der Waals surface area contributed by atoms with Gasteiger partial charge in [-0.25, -0.2) is 4.98 Å². The van der Waals surface area contributed by atoms with Gasteiger partial charge in [0.15, 0.2) is 5.78 Å². The summed E-state index contributed by atoms with van der Waals surface area (Å²) < 4.78 is 1.49. The van der Waals surface area contributed by atoms with E-state index < -0.39 is 0 Å². The summed E-state index contributed by atoms with van der Waals surface area (Å²) in [7, 11) is 0. The van der Waals surface area contributed by atoms with Gasteiger partial charge in [0.05, 0.1) is 11.9 Å². The van der Waals surface area contributed by atoms with E-state index in [4.69, 9.17) is 16.6 Å². The Bertz CT molecular complexity index is 1350. The highest BCUT2D eigenvalue weighted by Crippen LogP contribution is 2.29. The number of hydrogen-bond donors (Lipinski definition) is 0. The Balaban J connectivity index is 1.90. The van der Waals surface area contributed by atoms with Gasteiger partial charge >= 0.3 is 0 Å². The number of fused-ring (bicyclic) bond motifs is 1. The van der Waals surface area contributed by atoms with Gasteiger partial charge in [-0.3, -0.25) is 14.2 Å². The van der Waals surface area contributed by atoms with Gasteiger partial charge < -0.3 is 0 Å². The van der Waals surface area contributed by atoms with Gasteiger partial charge in [-0.2, -0.15) is 0 Å². The summed E-state index contributed by atoms with van der Waals surface area (Å²) in [6, 6.07) is 12.8. The van der Waals surface area contributed by atoms with Crippen LogP contribution >= 0.6 is 22.9 Å². The van der Waals surface area contributed by atoms with Crippen LogP contribution < -0.4 is 5.56 Å². The second kappa shape index (κ2) is 7.82. The molecule has 0 aliphatic rings. The molecule has 0 fully saturated rings. The SMILES string of the molecule is Cc1ccc(C(=O)Cn2c(-c3ccc(Cl)cc3)nc3sc(C)c(C)c3c2=O)cc1C. The average molecular weight is 437 g/mol. The minimum absolute atomic E-state index is 0.0728. The Morgan fingerprint density at radius 2 is 1.73 bits per heavy atom. The Hall–Kier alpha value is -2.76. The average Bonchev–Trinajstić information content (AvgIpc) is 3.00. The number of ketones is 1. The quantitative estimate of drug-likeness (QED) is 0.374. The fraction of sp³-hybridized carbons (Fsp3) is 0.208. The van der Waals surface area contributed by atoms with Crippen LogP contribution in [-0.2, 0) is 6.54 Å². The molecule has 2 aromatic carbocycles. The van der Waals surface area contributed by atoms with E-state index in [0.29, 0.717) is 26.6 Å². The van der Waals surface area contributed by atoms with Crippen LogP contribution in [0, 0.1) is 27.7 Å². The predicted octanol–water partition coefficient (Wildman–Crippen LogP) is 5.89. The monoisotopic (exact) mass is 436 g/mol. The molecule has 0 N–H and O–H groups in total. The summed E-state index contributed by atoms with van der Waals surface area (Å²) in [5.74, 6) is 0.351. The summed E-state index contributed by atoms with van der Waals surface area (Å²) in [6.07, 6.45) is 0. The fourth-order valence-electron chi connectivity index (χ4n) is 3.44. The third-order valence-corrected chi connectivity index (χ3v) is 6.87. The first-order valence-corrected chi connectivity index (χ1v) is 10.8. The maximum atomic E-state index is 13.5. The van der Waals surface area contributed by atoms with Crippen molar-refractivity contribution in [2.45, 2.75) is 34.2 Å². The van der Waals surface area contributed by atoms with Crippen LogP contribution in [-0.4, -0.2) is 15.3 Å². The lowest BCUT2D eigenvalue weighted by molar-refractivity contribution is 0.0971. The predicted molar refractivity (Wildman–Crippen MR) is 124 cm³/mol. The minimum Gasteiger partial charge on any atom is -0.292 e. The molecule has 4 rings (SSSR count). The van der Waals surface area contributed by atoms with Gasteiger partial charge in [-0.1, -0.05) is 23.7 Å². The highest BCUT2D eigenvalue weighted by atomic mass is 35.5. The van der Waals surface area contributed by atoms with Crippen LogP contribution in [0.2, 0.25) is 5.02 Å². The summed E-state index contributed by atoms with van der Waals surface area (Å²) in [4.78, 5) is 33.1. The van der Waals surface area contributed by atoms with Crippen LogP contribution in [0.15, 0.2) is 47.3 Å². The molecule has 0 unspecified atom stereocenters. The summed E-state index contributed by atoms with van der Waals surface area (Å²) >= 11 is 7.54. The maximum absolute atomic E-state index is 13.5. The lowest BCUT2D eigenvalue weighted by atomic mass is 10.0. The highest BCUT2D eigenvalue weighted by Gasteiger charge is 2.20. The van der Waals surface area contributed by atoms with E-state index in [0.717, 1.165) is 27.1 Å². The zero-order chi connectivity index (χ0) is 21.6. The molecule has 0 spiro atoms. The van der Waals surface area contributed by atoms with E-state index in [-0.39, 0.29) is 17.9 Å². The number of thiophene rings is 1. The van der Waals surface area contributed by atoms with Crippen LogP contribution in [0.5, 0.6) is 0 Å². The van der Waals surface area contributed by atoms with E-state index in [1.165, 1.54) is 15.9 Å². The van der Waals surface area contributed by atoms with E-state index in [1.807, 2.05) is 58.0 Å². The lowest BCUT2D eigenvalue weighted by Crippen LogP contribution is -2.27. The molecule has 0 radical (unpaired) electrons. The topological polar surface area (TPSA) is 52.0 Å². The first-order chi connectivity index (χ1) is 14.3. The second-order valence-electron chi connectivity index (χ2n) is 7.52. The Morgan fingerprint density at radius 1 is 1.03 bits per heavy atom. The van der Waals surface area contributed by atoms with Crippen molar-refractivity contribution in [2.75, 3.05) is 0 Å². The number of aromatic nitrogens is 2. The molecule has 0 atom stereocenters. The number of nitrogens with zero attached hydrogens (tertiary/aromatic N) is 2. The van der Waals surface area contributed by atoms with E-state index in [9.17, 15) is 9.59 Å². The van der Waals surface area contributed by atoms with Gasteiger partial charge in [-0.05, 0) is 74.7 Å². The molecule has 0 aliphatic carbocycles. The van der Waals surface area contributed by atoms with Crippen LogP contribution in [0.3, 0.4) is 0 Å². The van der Waals surface area contributed by atoms with Gasteiger partial charge in [0.2, 0.25) is 0 Å². The van der Waals surface area contributed by atoms with Crippen LogP contribution in [0.4, 0.5) is 0 Å². The van der Waals surface area contributed by atoms with E-state index >= 15 is 0 Å². The molecule has 4 nitrogen and oxygen atoms in total. The molecule has 0 saturated heterocycles. The van der Waals surface area contributed by atoms with Crippen molar-refractivity contribution < 1.29 is 4.79 Å². The number of aryl methyl sites for hydroxylation is 4. The second-order valence-corrected chi connectivity index (χ2v) is 9.16. The fourth-order valence-corrected chi connectivity index (χ4v) is 4.59. The van der Waals surface area contributed by atoms with E-state index in [2.05, 4.69) is 0 Å². The largest absolute Gasteiger partial charge is 0.292 e. The van der Waals surface area contributed by atoms with Gasteiger partial charge in [-0.15, -0.1) is 11.3 Å². The third-order valence-electron chi connectivity index (χ3n) is 5.52. The molecular weight excluding hydrogens is 416 g/mol. The minimum atomic E-state index is -0.191. The Morgan fingerprint density at radius 3 is 2.40 bits per heavy atom. The molecule has 2 heterocycles. The number of halogens is 1. The smallest absolute Gasteiger partial charge is 0.263 e. The van der Waals surface area contributed by atoms with Gasteiger partial charge in [0.1, 0.15) is 10.7 Å². The first kappa shape index (κ1) is 20.5. The highest BCUT2D eigenvalue weighted by molar-refractivity contribution is 7.18. The van der Waals surface area contributed by atoms with Crippen molar-refractivity contribution in [3.63, 3.8) is 0 Å². The van der Waals surface area contributed by atoms with Crippen molar-refractivity contribution >= 4 is 38.9 Å². The molecule has 152 valence electrons. The summed E-state index contributed by atoms with van der Waals surface area (Å²) in [5.41, 5.74) is 4.23. The standard InChI is InChI=1S/C24H21ClN2O2S/c1-13-5-6-18(11-14(13)2)20(28)12-27-22(17-7-9-19(25)10-8-17)26-23-21(24(27)29)15(3)16(4)30-23/h5-11H,12H2,1-4H3. The number of Topliss-reactive ketones (excluding diaryl/α,β-unsaturated/α-hetero) is 1. The molecular formula is C24H21ClN2O2S. The van der Waals surface area contributed by atoms with E-state index in [1.54, 1.807) is 12.1 Å². The summed E-state index contributed by atoms with van der Waals surface area (Å²) in [6.45, 7) is 7.81. The third kappa shape index (κ3) is 3.59. The molecule has 0 saturated carbocycles. The van der Waals surface area contributed by atoms with Crippen molar-refractivity contribution in [3.8, 4) is 11.4 Å². The first-order valence-electron chi connectivity index (χ1n) is 9.63. The van der Waals surface area contributed by atoms with Crippen molar-refractivity contribution in [1.82, 2.24) is 9.55 Å². The molecule has 0 bridgehead atoms. The lowest BCUT2D eigenvalue weighted by Gasteiger charge is -2.13. The van der Waals surface area contributed by atoms with Crippen molar-refractivity contribution in [3.05, 3.63) is 85.0 Å². The molecule has 6 heteroatoms. The molecule has 0 aliphatic heterocycles. The Kier molecular flexibility index (Phi) is 5.35. The van der Waals surface area contributed by atoms with Gasteiger partial charge in [0.25, 0.3) is 5.56 Å². The maximum Gasteiger partial charge on any atom is 0.263 e. The van der Waals surface area contributed by atoms with Crippen molar-refractivity contribution in [2.24, 2.45) is 0 Å². The van der Waals surface area contributed by atoms with Crippen LogP contribution in [0.1, 0.15) is 31.9 Å². The zero-order valence-corrected chi connectivity index (χ0v) is 18.8. The normalized spacial score (nSPS) is 11.2. The number of carbonyl (C=O) groups is 1. The number of hydrogen-bond acceptors (Lipinski definition) is 4. The zero-order valence-electron chi connectivity index (χ0n) is 17.2. The number of rotatable bonds is 4. The molecule has 2 aromatic heterocycles. The summed E-state index contributed by atoms with van der Waals surface area (Å²) in [5, 5.41) is 1.19.